The van der Waals surface area contributed by atoms with Crippen LogP contribution in [0.25, 0.3) is 10.4 Å². The lowest BCUT2D eigenvalue weighted by Crippen LogP contribution is -2.69. The first-order valence-corrected chi connectivity index (χ1v) is 45.2. The van der Waals surface area contributed by atoms with E-state index in [1.165, 1.54) is 109 Å². The van der Waals surface area contributed by atoms with Gasteiger partial charge in [0.05, 0.1) is 64.7 Å². The molecule has 726 valence electrons. The molecular formula is C105H98N8O28. The number of hydrogen-bond acceptors (Lipinski definition) is 29. The fraction of sp³-hybridized carbons (Fsp3) is 0.267. The van der Waals surface area contributed by atoms with Crippen LogP contribution < -0.4 is 26.6 Å². The van der Waals surface area contributed by atoms with Gasteiger partial charge in [0.1, 0.15) is 88.3 Å². The molecule has 11 aromatic rings. The van der Waals surface area contributed by atoms with Crippen molar-refractivity contribution in [1.82, 2.24) is 26.6 Å². The third-order valence-electron chi connectivity index (χ3n) is 23.0. The Morgan fingerprint density at radius 2 is 0.603 bits per heavy atom. The normalized spacial score (nSPS) is 22.7. The molecule has 3 saturated heterocycles. The molecule has 3 heterocycles. The van der Waals surface area contributed by atoms with Crippen molar-refractivity contribution in [3.8, 4) is 0 Å². The first-order valence-electron chi connectivity index (χ1n) is 45.2. The van der Waals surface area contributed by atoms with Gasteiger partial charge in [-0.05, 0) is 113 Å². The molecule has 5 amide bonds. The summed E-state index contributed by atoms with van der Waals surface area (Å²) in [5, 5.41) is 17.8. The summed E-state index contributed by atoms with van der Waals surface area (Å²) in [6.07, 6.45) is -34.7. The summed E-state index contributed by atoms with van der Waals surface area (Å²) >= 11 is 0. The van der Waals surface area contributed by atoms with Crippen LogP contribution in [0.15, 0.2) is 339 Å². The van der Waals surface area contributed by atoms with E-state index in [2.05, 4.69) is 36.6 Å². The van der Waals surface area contributed by atoms with Crippen LogP contribution in [-0.2, 0) is 114 Å². The number of nitrogens with one attached hydrogen (secondary N) is 5. The Morgan fingerprint density at radius 1 is 0.291 bits per heavy atom. The molecular weight excluding hydrogens is 1820 g/mol. The number of carbonyl (C=O) groups is 11. The van der Waals surface area contributed by atoms with Crippen LogP contribution >= 0.6 is 0 Å². The van der Waals surface area contributed by atoms with Crippen LogP contribution in [0.3, 0.4) is 0 Å². The minimum absolute atomic E-state index is 0.00798. The van der Waals surface area contributed by atoms with Crippen molar-refractivity contribution in [2.75, 3.05) is 19.7 Å². The molecule has 4 aliphatic rings. The van der Waals surface area contributed by atoms with Crippen LogP contribution in [-0.4, -0.2) is 196 Å². The van der Waals surface area contributed by atoms with Crippen molar-refractivity contribution < 1.29 is 133 Å². The molecule has 0 bridgehead atoms. The van der Waals surface area contributed by atoms with Crippen LogP contribution in [0.4, 0.5) is 24.0 Å². The lowest BCUT2D eigenvalue weighted by molar-refractivity contribution is -0.297. The van der Waals surface area contributed by atoms with Gasteiger partial charge in [-0.25, -0.2) is 52.7 Å². The van der Waals surface area contributed by atoms with Crippen LogP contribution in [0, 0.1) is 0 Å². The number of carbonyl (C=O) groups excluding carboxylic acids is 11. The topological polar surface area (TPSA) is 454 Å². The molecule has 3 aliphatic heterocycles. The summed E-state index contributed by atoms with van der Waals surface area (Å²) in [7, 11) is 0. The number of ether oxygens (including phenoxy) is 17. The Hall–Kier alpha value is -16.3. The highest BCUT2D eigenvalue weighted by Crippen LogP contribution is 2.41. The van der Waals surface area contributed by atoms with E-state index in [1.807, 2.05) is 0 Å². The van der Waals surface area contributed by atoms with Gasteiger partial charge in [-0.2, -0.15) is 0 Å². The summed E-state index contributed by atoms with van der Waals surface area (Å²) in [5.41, 5.74) is 12.3. The largest absolute Gasteiger partial charge is 0.459 e. The molecule has 0 aromatic heterocycles. The minimum atomic E-state index is -2.34. The number of esters is 6. The van der Waals surface area contributed by atoms with E-state index in [4.69, 9.17) is 80.5 Å². The second-order valence-corrected chi connectivity index (χ2v) is 32.6. The van der Waals surface area contributed by atoms with Crippen molar-refractivity contribution in [3.05, 3.63) is 405 Å². The quantitative estimate of drug-likeness (QED) is 0.00793. The maximum atomic E-state index is 15.8. The van der Waals surface area contributed by atoms with Gasteiger partial charge in [-0.1, -0.05) is 266 Å². The lowest BCUT2D eigenvalue weighted by Gasteiger charge is -2.49. The molecule has 0 spiro atoms. The third-order valence-corrected chi connectivity index (χ3v) is 23.0. The number of rotatable bonds is 37. The van der Waals surface area contributed by atoms with Gasteiger partial charge in [-0.15, -0.1) is 0 Å². The monoisotopic (exact) mass is 1920 g/mol. The van der Waals surface area contributed by atoms with E-state index < -0.39 is 209 Å². The number of hydrogen-bond donors (Lipinski definition) is 5. The summed E-state index contributed by atoms with van der Waals surface area (Å²) in [6, 6.07) is 80.8. The highest BCUT2D eigenvalue weighted by atomic mass is 16.8. The molecule has 11 aromatic carbocycles. The molecule has 18 atom stereocenters. The Balaban J connectivity index is 0.918. The van der Waals surface area contributed by atoms with E-state index in [-0.39, 0.29) is 66.2 Å². The maximum absolute atomic E-state index is 15.8. The zero-order valence-electron chi connectivity index (χ0n) is 75.5. The average Bonchev–Trinajstić information content (AvgIpc) is 1.69. The molecule has 5 N–H and O–H groups in total. The number of alkyl carbamates (subject to hydrolysis) is 5. The van der Waals surface area contributed by atoms with Crippen LogP contribution in [0.2, 0.25) is 0 Å². The summed E-state index contributed by atoms with van der Waals surface area (Å²) < 4.78 is 112. The zero-order valence-corrected chi connectivity index (χ0v) is 75.5. The first-order chi connectivity index (χ1) is 68.9. The maximum Gasteiger partial charge on any atom is 0.407 e. The Kier molecular flexibility index (Phi) is 35.2. The van der Waals surface area contributed by atoms with Crippen molar-refractivity contribution in [2.24, 2.45) is 5.11 Å². The number of azide groups is 1. The van der Waals surface area contributed by atoms with Crippen molar-refractivity contribution in [3.63, 3.8) is 0 Å². The fourth-order valence-corrected chi connectivity index (χ4v) is 16.1. The van der Waals surface area contributed by atoms with Gasteiger partial charge >= 0.3 is 66.3 Å². The molecule has 1 saturated carbocycles. The van der Waals surface area contributed by atoms with Crippen molar-refractivity contribution in [2.45, 2.75) is 156 Å². The highest BCUT2D eigenvalue weighted by molar-refractivity contribution is 5.92. The number of amides is 5. The molecule has 0 radical (unpaired) electrons. The molecule has 15 rings (SSSR count). The van der Waals surface area contributed by atoms with Crippen molar-refractivity contribution in [1.29, 1.82) is 0 Å². The van der Waals surface area contributed by atoms with Gasteiger partial charge in [-0.3, -0.25) is 0 Å². The van der Waals surface area contributed by atoms with E-state index >= 15 is 28.8 Å². The summed E-state index contributed by atoms with van der Waals surface area (Å²) in [6.45, 7) is -3.91. The van der Waals surface area contributed by atoms with Crippen molar-refractivity contribution >= 4 is 66.3 Å². The van der Waals surface area contributed by atoms with Gasteiger partial charge in [0, 0.05) is 11.3 Å². The first kappa shape index (κ1) is 99.1. The fourth-order valence-electron chi connectivity index (χ4n) is 16.1. The van der Waals surface area contributed by atoms with E-state index in [9.17, 15) is 29.5 Å². The molecule has 1 aliphatic carbocycles. The smallest absolute Gasteiger partial charge is 0.407 e. The lowest BCUT2D eigenvalue weighted by atomic mass is 9.83. The van der Waals surface area contributed by atoms with Crippen LogP contribution in [0.5, 0.6) is 0 Å². The van der Waals surface area contributed by atoms with Gasteiger partial charge in [0.15, 0.2) is 43.3 Å². The standard InChI is InChI=1S/C105H98N8O28/c106-113-108-58-77-56-80(132-93(115)72-46-24-7-25-47-72)83(111-104(123)129-63-69-40-18-4-19-41-69)98(131-77)139-86-79(110-103(122)128-62-68-38-16-3-17-39-68)57-78(109-102(121)127-61-67-36-14-2-15-37-67)85(135-94(116)73-48-26-8-27-49-73)90(86)141-100-91(138-97(119)76-54-32-11-33-55-76)88(82(134-100)65-125-92(114)71-44-22-6-23-45-71)140-99-84(112-105(124)130-64-70-42-20-5-21-43-70)89(137-96(118)75-52-30-10-31-53-75)87(136-95(117)74-50-28-9-29-51-74)81(133-99)59-107-101(120)126-60-66-34-12-1-13-35-66/h1-55,77-91,98-100H,56-65H2,(H,107,120)(H,109,121)(H,110,122)(H,111,123)(H,112,124)/t77-,78+,79-,80-,81-,82+,83+,84+,85-,86+,87+,88+,89+,90+,91+,98+,99+,100-/m0/s1. The van der Waals surface area contributed by atoms with Crippen LogP contribution in [0.1, 0.15) is 103 Å². The van der Waals surface area contributed by atoms with Gasteiger partial charge < -0.3 is 107 Å². The van der Waals surface area contributed by atoms with E-state index in [0.29, 0.717) is 27.8 Å². The van der Waals surface area contributed by atoms with E-state index in [1.54, 1.807) is 224 Å². The predicted molar refractivity (Wildman–Crippen MR) is 498 cm³/mol. The zero-order chi connectivity index (χ0) is 98.0. The summed E-state index contributed by atoms with van der Waals surface area (Å²) in [5.74, 6) is -6.36. The molecule has 4 fully saturated rings. The molecule has 36 heteroatoms. The second-order valence-electron chi connectivity index (χ2n) is 32.6. The number of nitrogens with zero attached hydrogens (tertiary/aromatic N) is 3. The third kappa shape index (κ3) is 28.2. The Labute approximate surface area is 808 Å². The molecule has 36 nitrogen and oxygen atoms in total. The predicted octanol–water partition coefficient (Wildman–Crippen LogP) is 14.5. The second kappa shape index (κ2) is 50.1. The molecule has 0 unspecified atom stereocenters. The highest BCUT2D eigenvalue weighted by Gasteiger charge is 2.61. The minimum Gasteiger partial charge on any atom is -0.459 e. The Bertz CT molecular complexity index is 6010. The van der Waals surface area contributed by atoms with Gasteiger partial charge in [0.2, 0.25) is 0 Å². The SMILES string of the molecule is [N-]=[N+]=NC[C@@H]1C[C@H](OC(=O)c2ccccc2)[C@@H](NC(=O)OCc2ccccc2)[C@@H](O[C@H]2[C@H](O[C@@H]3O[C@H](COC(=O)c4ccccc4)[C@@H](O[C@H]4O[C@@H](CNC(=O)OCc5ccccc5)[C@@H](OC(=O)c5ccccc5)[C@H](OC(=O)c5ccccc5)[C@H]4NC(=O)OCc4ccccc4)[C@H]3OC(=O)c3ccccc3)[C@@H](OC(=O)c3ccccc3)[C@H](NC(=O)OCc3ccccc3)C[C@@H]2NC(=O)OCc2ccccc2)O1. The molecule has 141 heavy (non-hydrogen) atoms. The average molecular weight is 1920 g/mol. The summed E-state index contributed by atoms with van der Waals surface area (Å²) in [4.78, 5) is 169. The number of benzene rings is 11. The van der Waals surface area contributed by atoms with Gasteiger partial charge in [0.25, 0.3) is 0 Å². The van der Waals surface area contributed by atoms with E-state index in [0.717, 1.165) is 0 Å². The Morgan fingerprint density at radius 3 is 1.01 bits per heavy atom.